The van der Waals surface area contributed by atoms with Gasteiger partial charge in [-0.05, 0) is 26.3 Å². The van der Waals surface area contributed by atoms with E-state index in [-0.39, 0.29) is 22.5 Å². The van der Waals surface area contributed by atoms with Crippen LogP contribution in [-0.2, 0) is 17.3 Å². The quantitative estimate of drug-likeness (QED) is 0.885. The normalized spacial score (nSPS) is 18.2. The van der Waals surface area contributed by atoms with Crippen molar-refractivity contribution < 1.29 is 22.4 Å². The van der Waals surface area contributed by atoms with Crippen molar-refractivity contribution in [2.24, 2.45) is 0 Å². The maximum absolute atomic E-state index is 12.7. The summed E-state index contributed by atoms with van der Waals surface area (Å²) in [6, 6.07) is 1.48. The molecule has 0 aromatic carbocycles. The zero-order valence-corrected chi connectivity index (χ0v) is 14.4. The molecule has 0 amide bonds. The molecule has 1 aliphatic heterocycles. The summed E-state index contributed by atoms with van der Waals surface area (Å²) in [4.78, 5) is 20.3. The van der Waals surface area contributed by atoms with Crippen LogP contribution in [0.3, 0.4) is 0 Å². The van der Waals surface area contributed by atoms with E-state index in [0.29, 0.717) is 31.7 Å². The van der Waals surface area contributed by atoms with Gasteiger partial charge in [-0.15, -0.1) is 0 Å². The number of aromatic nitrogens is 3. The van der Waals surface area contributed by atoms with Gasteiger partial charge in [0.1, 0.15) is 0 Å². The molecule has 3 rings (SSSR count). The molecular weight excluding hydrogens is 353 g/mol. The average Bonchev–Trinajstić information content (AvgIpc) is 3.02. The lowest BCUT2D eigenvalue weighted by atomic mass is 10.0. The molecule has 3 heterocycles. The van der Waals surface area contributed by atoms with Crippen molar-refractivity contribution in [1.29, 1.82) is 0 Å². The fraction of sp³-hybridized carbons (Fsp3) is 0.562. The van der Waals surface area contributed by atoms with Crippen LogP contribution < -0.4 is 5.56 Å². The second-order valence-electron chi connectivity index (χ2n) is 6.75. The van der Waals surface area contributed by atoms with Crippen LogP contribution in [0.4, 0.5) is 13.2 Å². The minimum Gasteiger partial charge on any atom is -0.373 e. The van der Waals surface area contributed by atoms with Gasteiger partial charge < -0.3 is 14.2 Å². The Morgan fingerprint density at radius 3 is 2.81 bits per heavy atom. The maximum atomic E-state index is 12.7. The van der Waals surface area contributed by atoms with E-state index < -0.39 is 12.1 Å². The van der Waals surface area contributed by atoms with Gasteiger partial charge in [-0.1, -0.05) is 5.16 Å². The van der Waals surface area contributed by atoms with E-state index in [9.17, 15) is 18.0 Å². The van der Waals surface area contributed by atoms with Gasteiger partial charge in [-0.3, -0.25) is 9.69 Å². The Bertz CT molecular complexity index is 829. The minimum atomic E-state index is -4.73. The summed E-state index contributed by atoms with van der Waals surface area (Å²) >= 11 is 0. The van der Waals surface area contributed by atoms with Gasteiger partial charge in [0.25, 0.3) is 5.56 Å². The second kappa shape index (κ2) is 6.84. The van der Waals surface area contributed by atoms with E-state index in [0.717, 1.165) is 6.54 Å². The highest BCUT2D eigenvalue weighted by Gasteiger charge is 2.38. The van der Waals surface area contributed by atoms with Crippen molar-refractivity contribution in [3.8, 4) is 11.4 Å². The Morgan fingerprint density at radius 2 is 2.15 bits per heavy atom. The molecule has 0 radical (unpaired) electrons. The fourth-order valence-electron chi connectivity index (χ4n) is 2.99. The van der Waals surface area contributed by atoms with E-state index in [2.05, 4.69) is 24.5 Å². The van der Waals surface area contributed by atoms with Crippen LogP contribution in [0.5, 0.6) is 0 Å². The van der Waals surface area contributed by atoms with Gasteiger partial charge in [0, 0.05) is 37.0 Å². The monoisotopic (exact) mass is 372 g/mol. The van der Waals surface area contributed by atoms with Gasteiger partial charge in [0.15, 0.2) is 0 Å². The maximum Gasteiger partial charge on any atom is 0.471 e. The first kappa shape index (κ1) is 18.6. The third kappa shape index (κ3) is 4.13. The molecule has 7 nitrogen and oxygen atoms in total. The van der Waals surface area contributed by atoms with Gasteiger partial charge in [0.2, 0.25) is 5.82 Å². The summed E-state index contributed by atoms with van der Waals surface area (Å²) in [5.41, 5.74) is -0.0975. The highest BCUT2D eigenvalue weighted by Crippen LogP contribution is 2.29. The van der Waals surface area contributed by atoms with Crippen LogP contribution in [-0.4, -0.2) is 51.9 Å². The highest BCUT2D eigenvalue weighted by atomic mass is 19.4. The molecular formula is C16H19F3N4O3. The lowest BCUT2D eigenvalue weighted by molar-refractivity contribution is -0.159. The third-order valence-electron chi connectivity index (χ3n) is 4.16. The first-order valence-corrected chi connectivity index (χ1v) is 8.14. The minimum absolute atomic E-state index is 0.237. The molecule has 2 aromatic heterocycles. The van der Waals surface area contributed by atoms with Crippen molar-refractivity contribution in [2.75, 3.05) is 26.2 Å². The number of aromatic amines is 1. The number of nitrogens with one attached hydrogen (secondary N) is 1. The number of halogens is 3. The Morgan fingerprint density at radius 1 is 1.38 bits per heavy atom. The smallest absolute Gasteiger partial charge is 0.373 e. The van der Waals surface area contributed by atoms with Crippen LogP contribution >= 0.6 is 0 Å². The summed E-state index contributed by atoms with van der Waals surface area (Å²) in [5, 5.41) is 3.38. The van der Waals surface area contributed by atoms with Gasteiger partial charge >= 0.3 is 12.1 Å². The number of H-pyrrole nitrogens is 1. The number of alkyl halides is 3. The van der Waals surface area contributed by atoms with Crippen molar-refractivity contribution in [3.63, 3.8) is 0 Å². The zero-order valence-electron chi connectivity index (χ0n) is 14.4. The summed E-state index contributed by atoms with van der Waals surface area (Å²) in [6.45, 7) is 6.55. The predicted octanol–water partition coefficient (Wildman–Crippen LogP) is 2.10. The van der Waals surface area contributed by atoms with Crippen molar-refractivity contribution in [3.05, 3.63) is 34.1 Å². The number of hydrogen-bond acceptors (Lipinski definition) is 6. The Kier molecular flexibility index (Phi) is 4.89. The Hall–Kier alpha value is -2.20. The Labute approximate surface area is 147 Å². The molecule has 0 saturated carbocycles. The number of rotatable bonds is 4. The largest absolute Gasteiger partial charge is 0.471 e. The number of pyridine rings is 1. The summed E-state index contributed by atoms with van der Waals surface area (Å²) in [5.74, 6) is -1.69. The van der Waals surface area contributed by atoms with Crippen molar-refractivity contribution in [1.82, 2.24) is 20.0 Å². The Balaban J connectivity index is 1.82. The predicted molar refractivity (Wildman–Crippen MR) is 85.5 cm³/mol. The molecule has 26 heavy (non-hydrogen) atoms. The standard InChI is InChI=1S/C16H19F3N4O3/c1-15(2)9-23(7-8-25-15)6-4-11-10(3-5-20-13(11)24)12-21-14(26-22-12)16(17,18)19/h3,5H,4,6-9H2,1-2H3,(H,20,24). The van der Waals surface area contributed by atoms with Crippen LogP contribution in [0.25, 0.3) is 11.4 Å². The molecule has 0 atom stereocenters. The van der Waals surface area contributed by atoms with Gasteiger partial charge in [0.05, 0.1) is 12.2 Å². The molecule has 0 spiro atoms. The zero-order chi connectivity index (χ0) is 18.9. The van der Waals surface area contributed by atoms with Crippen LogP contribution in [0.15, 0.2) is 21.6 Å². The molecule has 1 saturated heterocycles. The van der Waals surface area contributed by atoms with E-state index in [1.807, 2.05) is 13.8 Å². The molecule has 1 fully saturated rings. The molecule has 0 bridgehead atoms. The molecule has 142 valence electrons. The van der Waals surface area contributed by atoms with E-state index >= 15 is 0 Å². The molecule has 1 aliphatic rings. The van der Waals surface area contributed by atoms with Crippen LogP contribution in [0, 0.1) is 0 Å². The number of ether oxygens (including phenoxy) is 1. The van der Waals surface area contributed by atoms with Crippen LogP contribution in [0.2, 0.25) is 0 Å². The molecule has 0 unspecified atom stereocenters. The number of nitrogens with zero attached hydrogens (tertiary/aromatic N) is 3. The number of morpholine rings is 1. The first-order valence-electron chi connectivity index (χ1n) is 8.14. The first-order chi connectivity index (χ1) is 12.2. The third-order valence-corrected chi connectivity index (χ3v) is 4.16. The molecule has 1 N–H and O–H groups in total. The van der Waals surface area contributed by atoms with E-state index in [1.54, 1.807) is 0 Å². The van der Waals surface area contributed by atoms with Crippen LogP contribution in [0.1, 0.15) is 25.3 Å². The second-order valence-corrected chi connectivity index (χ2v) is 6.75. The van der Waals surface area contributed by atoms with Gasteiger partial charge in [-0.25, -0.2) is 0 Å². The van der Waals surface area contributed by atoms with Gasteiger partial charge in [-0.2, -0.15) is 18.2 Å². The average molecular weight is 372 g/mol. The molecule has 10 heteroatoms. The van der Waals surface area contributed by atoms with E-state index in [4.69, 9.17) is 4.74 Å². The molecule has 0 aliphatic carbocycles. The van der Waals surface area contributed by atoms with Crippen molar-refractivity contribution in [2.45, 2.75) is 32.0 Å². The lowest BCUT2D eigenvalue weighted by Gasteiger charge is -2.38. The lowest BCUT2D eigenvalue weighted by Crippen LogP contribution is -2.48. The van der Waals surface area contributed by atoms with E-state index in [1.165, 1.54) is 12.3 Å². The van der Waals surface area contributed by atoms with Crippen molar-refractivity contribution >= 4 is 0 Å². The topological polar surface area (TPSA) is 84.3 Å². The SMILES string of the molecule is CC1(C)CN(CCc2c(-c3noc(C(F)(F)F)n3)cc[nH]c2=O)CCO1. The molecule has 2 aromatic rings. The summed E-state index contributed by atoms with van der Waals surface area (Å²) in [6.07, 6.45) is -3.04. The fourth-order valence-corrected chi connectivity index (χ4v) is 2.99. The number of hydrogen-bond donors (Lipinski definition) is 1. The summed E-state index contributed by atoms with van der Waals surface area (Å²) < 4.78 is 48.0. The summed E-state index contributed by atoms with van der Waals surface area (Å²) in [7, 11) is 0. The highest BCUT2D eigenvalue weighted by molar-refractivity contribution is 5.58.